The van der Waals surface area contributed by atoms with E-state index in [0.29, 0.717) is 10.7 Å². The second-order valence-corrected chi connectivity index (χ2v) is 6.98. The average Bonchev–Trinajstić information content (AvgIpc) is 3.19. The van der Waals surface area contributed by atoms with Gasteiger partial charge in [0.05, 0.1) is 10.6 Å². The molecule has 2 atom stereocenters. The van der Waals surface area contributed by atoms with Crippen molar-refractivity contribution in [1.29, 1.82) is 0 Å². The highest BCUT2D eigenvalue weighted by atomic mass is 35.5. The van der Waals surface area contributed by atoms with Gasteiger partial charge in [-0.15, -0.1) is 0 Å². The number of carbonyl (C=O) groups excluding carboxylic acids is 3. The molecule has 2 aliphatic rings. The lowest BCUT2D eigenvalue weighted by Gasteiger charge is -2.22. The molecule has 0 unspecified atom stereocenters. The minimum Gasteiger partial charge on any atom is -0.293 e. The lowest BCUT2D eigenvalue weighted by atomic mass is 9.95. The van der Waals surface area contributed by atoms with Crippen LogP contribution >= 0.6 is 11.6 Å². The third-order valence-electron chi connectivity index (χ3n) is 4.80. The van der Waals surface area contributed by atoms with Crippen LogP contribution in [0.4, 0.5) is 17.1 Å². The monoisotopic (exact) mass is 412 g/mol. The van der Waals surface area contributed by atoms with E-state index in [0.717, 1.165) is 4.90 Å². The number of para-hydroxylation sites is 2. The van der Waals surface area contributed by atoms with Gasteiger partial charge in [-0.2, -0.15) is 5.10 Å². The Labute approximate surface area is 169 Å². The van der Waals surface area contributed by atoms with Gasteiger partial charge in [0, 0.05) is 18.0 Å². The van der Waals surface area contributed by atoms with E-state index in [4.69, 9.17) is 11.6 Å². The smallest absolute Gasteiger partial charge is 0.293 e. The number of ketones is 1. The number of benzene rings is 2. The van der Waals surface area contributed by atoms with Crippen molar-refractivity contribution in [3.63, 3.8) is 0 Å². The van der Waals surface area contributed by atoms with Crippen molar-refractivity contribution in [3.8, 4) is 0 Å². The number of amides is 2. The first-order valence-electron chi connectivity index (χ1n) is 8.56. The zero-order chi connectivity index (χ0) is 20.9. The molecule has 0 saturated carbocycles. The highest BCUT2D eigenvalue weighted by molar-refractivity contribution is 6.49. The Bertz CT molecular complexity index is 1120. The number of nitro benzene ring substituents is 1. The molecule has 1 fully saturated rings. The number of hydrazone groups is 1. The second kappa shape index (κ2) is 6.78. The van der Waals surface area contributed by atoms with Crippen LogP contribution in [0.25, 0.3) is 0 Å². The Morgan fingerprint density at radius 2 is 1.86 bits per heavy atom. The van der Waals surface area contributed by atoms with E-state index in [1.807, 2.05) is 0 Å². The summed E-state index contributed by atoms with van der Waals surface area (Å²) in [6.45, 7) is 1.25. The molecule has 2 heterocycles. The van der Waals surface area contributed by atoms with Crippen molar-refractivity contribution >= 4 is 52.0 Å². The number of fused-ring (bicyclic) bond motifs is 1. The fourth-order valence-corrected chi connectivity index (χ4v) is 3.77. The molecule has 9 nitrogen and oxygen atoms in total. The molecule has 0 radical (unpaired) electrons. The molecular formula is C19H13ClN4O5. The maximum absolute atomic E-state index is 13.2. The number of carbonyl (C=O) groups is 3. The Balaban J connectivity index is 1.84. The minimum atomic E-state index is -1.15. The summed E-state index contributed by atoms with van der Waals surface area (Å²) in [5.41, 5.74) is -0.177. The van der Waals surface area contributed by atoms with E-state index in [1.54, 1.807) is 24.3 Å². The number of Topliss-reactive ketones (excluding diaryl/α,β-unsaturated/α-hetero) is 1. The van der Waals surface area contributed by atoms with Gasteiger partial charge >= 0.3 is 0 Å². The zero-order valence-corrected chi connectivity index (χ0v) is 15.7. The van der Waals surface area contributed by atoms with Gasteiger partial charge in [0.15, 0.2) is 5.78 Å². The molecule has 2 aromatic rings. The van der Waals surface area contributed by atoms with E-state index in [-0.39, 0.29) is 17.1 Å². The molecular weight excluding hydrogens is 400 g/mol. The molecule has 2 aromatic carbocycles. The van der Waals surface area contributed by atoms with Gasteiger partial charge in [0.25, 0.3) is 11.6 Å². The maximum atomic E-state index is 13.2. The fraction of sp³-hybridized carbons (Fsp3) is 0.158. The summed E-state index contributed by atoms with van der Waals surface area (Å²) in [4.78, 5) is 50.0. The third kappa shape index (κ3) is 2.87. The Morgan fingerprint density at radius 1 is 1.14 bits per heavy atom. The molecule has 146 valence electrons. The van der Waals surface area contributed by atoms with Crippen LogP contribution in [0, 0.1) is 16.0 Å². The van der Waals surface area contributed by atoms with Gasteiger partial charge in [-0.1, -0.05) is 29.8 Å². The van der Waals surface area contributed by atoms with Crippen molar-refractivity contribution in [3.05, 3.63) is 63.7 Å². The molecule has 0 N–H and O–H groups in total. The van der Waals surface area contributed by atoms with E-state index >= 15 is 0 Å². The van der Waals surface area contributed by atoms with Crippen LogP contribution in [-0.4, -0.2) is 34.3 Å². The number of imide groups is 1. The Hall–Kier alpha value is -3.59. The molecule has 1 saturated heterocycles. The highest BCUT2D eigenvalue weighted by Crippen LogP contribution is 2.40. The lowest BCUT2D eigenvalue weighted by molar-refractivity contribution is -0.384. The van der Waals surface area contributed by atoms with Crippen molar-refractivity contribution in [1.82, 2.24) is 0 Å². The number of nitrogens with zero attached hydrogens (tertiary/aromatic N) is 4. The van der Waals surface area contributed by atoms with E-state index in [2.05, 4.69) is 5.10 Å². The van der Waals surface area contributed by atoms with Crippen molar-refractivity contribution in [2.75, 3.05) is 9.91 Å². The number of rotatable bonds is 4. The summed E-state index contributed by atoms with van der Waals surface area (Å²) in [6.07, 6.45) is 0. The van der Waals surface area contributed by atoms with Crippen LogP contribution in [0.2, 0.25) is 5.02 Å². The summed E-state index contributed by atoms with van der Waals surface area (Å²) < 4.78 is 0. The van der Waals surface area contributed by atoms with Crippen molar-refractivity contribution < 1.29 is 19.3 Å². The van der Waals surface area contributed by atoms with Crippen LogP contribution in [0.1, 0.15) is 6.92 Å². The molecule has 0 aromatic heterocycles. The largest absolute Gasteiger partial charge is 0.293 e. The first-order chi connectivity index (χ1) is 13.8. The molecule has 4 rings (SSSR count). The van der Waals surface area contributed by atoms with Crippen molar-refractivity contribution in [2.24, 2.45) is 11.0 Å². The summed E-state index contributed by atoms with van der Waals surface area (Å²) >= 11 is 6.03. The Kier molecular flexibility index (Phi) is 4.39. The van der Waals surface area contributed by atoms with Crippen molar-refractivity contribution in [2.45, 2.75) is 13.0 Å². The quantitative estimate of drug-likeness (QED) is 0.433. The molecule has 10 heteroatoms. The first kappa shape index (κ1) is 18.8. The molecule has 0 aliphatic carbocycles. The number of hydrogen-bond acceptors (Lipinski definition) is 7. The SMILES string of the molecule is CC(=O)C1=NN(c2cccc(Cl)c2)[C@H]2C(=O)N(c3ccccc3[N+](=O)[O-])C(=O)[C@@H]12. The van der Waals surface area contributed by atoms with E-state index < -0.39 is 34.5 Å². The van der Waals surface area contributed by atoms with Crippen LogP contribution < -0.4 is 9.91 Å². The van der Waals surface area contributed by atoms with Gasteiger partial charge in [-0.25, -0.2) is 4.90 Å². The molecule has 0 spiro atoms. The number of anilines is 2. The van der Waals surface area contributed by atoms with E-state index in [9.17, 15) is 24.5 Å². The minimum absolute atomic E-state index is 0.0746. The first-order valence-corrected chi connectivity index (χ1v) is 8.94. The normalized spacial score (nSPS) is 20.7. The predicted octanol–water partition coefficient (Wildman–Crippen LogP) is 2.57. The summed E-state index contributed by atoms with van der Waals surface area (Å²) in [6, 6.07) is 10.8. The molecule has 2 aliphatic heterocycles. The van der Waals surface area contributed by atoms with Gasteiger partial charge in [-0.05, 0) is 24.3 Å². The fourth-order valence-electron chi connectivity index (χ4n) is 3.58. The summed E-state index contributed by atoms with van der Waals surface area (Å²) in [5.74, 6) is -3.05. The zero-order valence-electron chi connectivity index (χ0n) is 15.0. The topological polar surface area (TPSA) is 113 Å². The second-order valence-electron chi connectivity index (χ2n) is 6.55. The number of halogens is 1. The van der Waals surface area contributed by atoms with Crippen LogP contribution in [0.3, 0.4) is 0 Å². The lowest BCUT2D eigenvalue weighted by Crippen LogP contribution is -2.39. The maximum Gasteiger partial charge on any atom is 0.293 e. The Morgan fingerprint density at radius 3 is 2.52 bits per heavy atom. The molecule has 2 amide bonds. The number of hydrogen-bond donors (Lipinski definition) is 0. The van der Waals surface area contributed by atoms with Gasteiger partial charge in [0.2, 0.25) is 5.91 Å². The van der Waals surface area contributed by atoms with Gasteiger partial charge in [0.1, 0.15) is 23.4 Å². The van der Waals surface area contributed by atoms with E-state index in [1.165, 1.54) is 36.2 Å². The average molecular weight is 413 g/mol. The number of nitro groups is 1. The highest BCUT2D eigenvalue weighted by Gasteiger charge is 2.58. The predicted molar refractivity (Wildman–Crippen MR) is 105 cm³/mol. The molecule has 29 heavy (non-hydrogen) atoms. The van der Waals surface area contributed by atoms with Crippen LogP contribution in [-0.2, 0) is 14.4 Å². The van der Waals surface area contributed by atoms with Crippen LogP contribution in [0.5, 0.6) is 0 Å². The van der Waals surface area contributed by atoms with Gasteiger partial charge in [-0.3, -0.25) is 29.5 Å². The van der Waals surface area contributed by atoms with Crippen LogP contribution in [0.15, 0.2) is 53.6 Å². The summed E-state index contributed by atoms with van der Waals surface area (Å²) in [7, 11) is 0. The standard InChI is InChI=1S/C19H13ClN4O5/c1-10(25)16-15-17(23(21-16)12-6-4-5-11(20)9-12)19(27)22(18(15)26)13-7-2-3-8-14(13)24(28)29/h2-9,15,17H,1H3/t15-,17+/m0/s1. The van der Waals surface area contributed by atoms with Gasteiger partial charge < -0.3 is 0 Å². The third-order valence-corrected chi connectivity index (χ3v) is 5.04. The molecule has 0 bridgehead atoms. The summed E-state index contributed by atoms with van der Waals surface area (Å²) in [5, 5.41) is 17.3.